The zero-order valence-electron chi connectivity index (χ0n) is 22.6. The Balaban J connectivity index is 1.68. The molecule has 1 N–H and O–H groups in total. The maximum atomic E-state index is 14.0. The number of nitrogens with zero attached hydrogens (tertiary/aromatic N) is 1. The predicted octanol–water partition coefficient (Wildman–Crippen LogP) is 7.63. The second-order valence-corrected chi connectivity index (χ2v) is 11.7. The largest absolute Gasteiger partial charge is 0.350 e. The summed E-state index contributed by atoms with van der Waals surface area (Å²) in [6, 6.07) is 28.7. The number of carbonyl (C=O) groups is 2. The average Bonchev–Trinajstić information content (AvgIpc) is 2.90. The van der Waals surface area contributed by atoms with E-state index in [2.05, 4.69) is 29.6 Å². The van der Waals surface area contributed by atoms with Crippen LogP contribution in [0.15, 0.2) is 91.0 Å². The first-order valence-electron chi connectivity index (χ1n) is 13.2. The number of nitrogens with one attached hydrogen (secondary N) is 1. The van der Waals surface area contributed by atoms with Crippen LogP contribution in [0.4, 0.5) is 0 Å². The molecule has 0 saturated heterocycles. The Morgan fingerprint density at radius 2 is 1.51 bits per heavy atom. The van der Waals surface area contributed by atoms with Crippen LogP contribution in [-0.2, 0) is 29.0 Å². The normalized spacial score (nSPS) is 12.2. The highest BCUT2D eigenvalue weighted by Gasteiger charge is 2.32. The van der Waals surface area contributed by atoms with E-state index < -0.39 is 11.6 Å². The van der Waals surface area contributed by atoms with Crippen LogP contribution in [0, 0.1) is 0 Å². The van der Waals surface area contributed by atoms with E-state index in [1.807, 2.05) is 75.4 Å². The first kappa shape index (κ1) is 28.7. The summed E-state index contributed by atoms with van der Waals surface area (Å²) in [5, 5.41) is 6.23. The van der Waals surface area contributed by atoms with Crippen molar-refractivity contribution in [2.75, 3.05) is 0 Å². The van der Waals surface area contributed by atoms with E-state index in [-0.39, 0.29) is 24.8 Å². The SMILES string of the molecule is CC(C)(C)NC(=O)[C@@H](Cc1ccccc1)N(Cc1ccc(Cl)c(Cl)c1)C(=O)CCc1cccc2ccccc12. The maximum absolute atomic E-state index is 14.0. The van der Waals surface area contributed by atoms with Gasteiger partial charge in [0.15, 0.2) is 0 Å². The van der Waals surface area contributed by atoms with Crippen molar-refractivity contribution in [3.05, 3.63) is 118 Å². The molecule has 202 valence electrons. The van der Waals surface area contributed by atoms with Crippen molar-refractivity contribution < 1.29 is 9.59 Å². The van der Waals surface area contributed by atoms with Crippen LogP contribution in [0.3, 0.4) is 0 Å². The molecule has 0 aromatic heterocycles. The molecule has 0 unspecified atom stereocenters. The molecule has 0 spiro atoms. The number of hydrogen-bond donors (Lipinski definition) is 1. The van der Waals surface area contributed by atoms with Crippen LogP contribution >= 0.6 is 23.2 Å². The van der Waals surface area contributed by atoms with E-state index in [4.69, 9.17) is 23.2 Å². The molecule has 2 amide bonds. The zero-order chi connectivity index (χ0) is 28.0. The average molecular weight is 562 g/mol. The molecule has 0 saturated carbocycles. The first-order valence-corrected chi connectivity index (χ1v) is 13.9. The van der Waals surface area contributed by atoms with Gasteiger partial charge in [-0.05, 0) is 66.8 Å². The summed E-state index contributed by atoms with van der Waals surface area (Å²) >= 11 is 12.5. The lowest BCUT2D eigenvalue weighted by Gasteiger charge is -2.34. The molecule has 0 bridgehead atoms. The lowest BCUT2D eigenvalue weighted by atomic mass is 9.98. The molecular formula is C33H34Cl2N2O2. The van der Waals surface area contributed by atoms with Gasteiger partial charge in [0.05, 0.1) is 10.0 Å². The Bertz CT molecular complexity index is 1440. The third-order valence-electron chi connectivity index (χ3n) is 6.59. The number of aryl methyl sites for hydroxylation is 1. The van der Waals surface area contributed by atoms with Crippen molar-refractivity contribution >= 4 is 45.8 Å². The fourth-order valence-corrected chi connectivity index (χ4v) is 5.06. The van der Waals surface area contributed by atoms with Crippen molar-refractivity contribution in [1.29, 1.82) is 0 Å². The monoisotopic (exact) mass is 560 g/mol. The van der Waals surface area contributed by atoms with Crippen molar-refractivity contribution in [2.24, 2.45) is 0 Å². The summed E-state index contributed by atoms with van der Waals surface area (Å²) in [7, 11) is 0. The van der Waals surface area contributed by atoms with Gasteiger partial charge in [0.25, 0.3) is 0 Å². The van der Waals surface area contributed by atoms with Crippen molar-refractivity contribution in [3.8, 4) is 0 Å². The molecule has 39 heavy (non-hydrogen) atoms. The fraction of sp³-hybridized carbons (Fsp3) is 0.273. The van der Waals surface area contributed by atoms with Crippen LogP contribution in [0.1, 0.15) is 43.9 Å². The molecule has 0 radical (unpaired) electrons. The Labute approximate surface area is 240 Å². The minimum absolute atomic E-state index is 0.0982. The molecule has 4 rings (SSSR count). The summed E-state index contributed by atoms with van der Waals surface area (Å²) in [5.74, 6) is -0.288. The van der Waals surface area contributed by atoms with Crippen LogP contribution in [0.2, 0.25) is 10.0 Å². The highest BCUT2D eigenvalue weighted by molar-refractivity contribution is 6.42. The number of benzene rings is 4. The molecule has 0 aliphatic heterocycles. The van der Waals surface area contributed by atoms with Gasteiger partial charge in [-0.1, -0.05) is 102 Å². The van der Waals surface area contributed by atoms with Crippen molar-refractivity contribution in [3.63, 3.8) is 0 Å². The van der Waals surface area contributed by atoms with E-state index in [0.717, 1.165) is 27.5 Å². The smallest absolute Gasteiger partial charge is 0.243 e. The zero-order valence-corrected chi connectivity index (χ0v) is 24.1. The summed E-state index contributed by atoms with van der Waals surface area (Å²) in [6.45, 7) is 6.06. The number of rotatable bonds is 9. The lowest BCUT2D eigenvalue weighted by Crippen LogP contribution is -2.54. The first-order chi connectivity index (χ1) is 18.6. The quantitative estimate of drug-likeness (QED) is 0.228. The summed E-state index contributed by atoms with van der Waals surface area (Å²) in [6.07, 6.45) is 1.23. The molecular weight excluding hydrogens is 527 g/mol. The molecule has 4 aromatic carbocycles. The summed E-state index contributed by atoms with van der Waals surface area (Å²) in [4.78, 5) is 29.4. The Morgan fingerprint density at radius 1 is 0.821 bits per heavy atom. The van der Waals surface area contributed by atoms with E-state index >= 15 is 0 Å². The second-order valence-electron chi connectivity index (χ2n) is 10.9. The Morgan fingerprint density at radius 3 is 2.23 bits per heavy atom. The van der Waals surface area contributed by atoms with E-state index in [1.54, 1.807) is 17.0 Å². The molecule has 4 nitrogen and oxygen atoms in total. The van der Waals surface area contributed by atoms with Crippen molar-refractivity contribution in [2.45, 2.75) is 58.2 Å². The minimum Gasteiger partial charge on any atom is -0.350 e. The highest BCUT2D eigenvalue weighted by Crippen LogP contribution is 2.26. The van der Waals surface area contributed by atoms with E-state index in [1.165, 1.54) is 0 Å². The molecule has 0 aliphatic carbocycles. The number of carbonyl (C=O) groups excluding carboxylic acids is 2. The van der Waals surface area contributed by atoms with Crippen LogP contribution < -0.4 is 5.32 Å². The second kappa shape index (κ2) is 12.7. The van der Waals surface area contributed by atoms with Gasteiger partial charge >= 0.3 is 0 Å². The van der Waals surface area contributed by atoms with Crippen LogP contribution in [0.25, 0.3) is 10.8 Å². The van der Waals surface area contributed by atoms with Gasteiger partial charge in [-0.2, -0.15) is 0 Å². The minimum atomic E-state index is -0.707. The number of hydrogen-bond acceptors (Lipinski definition) is 2. The molecule has 6 heteroatoms. The Hall–Kier alpha value is -3.34. The van der Waals surface area contributed by atoms with Gasteiger partial charge in [0.1, 0.15) is 6.04 Å². The molecule has 0 aliphatic rings. The number of amides is 2. The summed E-state index contributed by atoms with van der Waals surface area (Å²) < 4.78 is 0. The van der Waals surface area contributed by atoms with Crippen molar-refractivity contribution in [1.82, 2.24) is 10.2 Å². The standard InChI is InChI=1S/C33H34Cl2N2O2/c1-33(2,3)36-32(39)30(21-23-10-5-4-6-11-23)37(22-24-16-18-28(34)29(35)20-24)31(38)19-17-26-14-9-13-25-12-7-8-15-27(25)26/h4-16,18,20,30H,17,19,21-22H2,1-3H3,(H,36,39)/t30-/m1/s1. The molecule has 1 atom stereocenters. The van der Waals surface area contributed by atoms with Gasteiger partial charge in [-0.25, -0.2) is 0 Å². The third-order valence-corrected chi connectivity index (χ3v) is 7.33. The van der Waals surface area contributed by atoms with Gasteiger partial charge in [0.2, 0.25) is 11.8 Å². The topological polar surface area (TPSA) is 49.4 Å². The molecule has 0 heterocycles. The predicted molar refractivity (Wildman–Crippen MR) is 161 cm³/mol. The number of fused-ring (bicyclic) bond motifs is 1. The van der Waals surface area contributed by atoms with E-state index in [0.29, 0.717) is 22.9 Å². The Kier molecular flexibility index (Phi) is 9.32. The fourth-order valence-electron chi connectivity index (χ4n) is 4.74. The molecule has 0 fully saturated rings. The molecule has 4 aromatic rings. The van der Waals surface area contributed by atoms with Gasteiger partial charge in [0, 0.05) is 24.9 Å². The maximum Gasteiger partial charge on any atom is 0.243 e. The summed E-state index contributed by atoms with van der Waals surface area (Å²) in [5.41, 5.74) is 2.44. The third kappa shape index (κ3) is 7.84. The van der Waals surface area contributed by atoms with Gasteiger partial charge < -0.3 is 10.2 Å². The van der Waals surface area contributed by atoms with Crippen LogP contribution in [-0.4, -0.2) is 28.3 Å². The number of halogens is 2. The van der Waals surface area contributed by atoms with E-state index in [9.17, 15) is 9.59 Å². The lowest BCUT2D eigenvalue weighted by molar-refractivity contribution is -0.141. The highest BCUT2D eigenvalue weighted by atomic mass is 35.5. The van der Waals surface area contributed by atoms with Gasteiger partial charge in [-0.15, -0.1) is 0 Å². The van der Waals surface area contributed by atoms with Gasteiger partial charge in [-0.3, -0.25) is 9.59 Å². The van der Waals surface area contributed by atoms with Crippen LogP contribution in [0.5, 0.6) is 0 Å².